The molecular formula is C19H16O5S2. The van der Waals surface area contributed by atoms with Gasteiger partial charge in [-0.25, -0.2) is 13.2 Å². The van der Waals surface area contributed by atoms with Gasteiger partial charge in [-0.3, -0.25) is 0 Å². The summed E-state index contributed by atoms with van der Waals surface area (Å²) in [7, 11) is -3.70. The number of hydrogen-bond donors (Lipinski definition) is 2. The van der Waals surface area contributed by atoms with Crippen LogP contribution in [0.4, 0.5) is 0 Å². The number of carboxylic acids is 1. The molecule has 26 heavy (non-hydrogen) atoms. The maximum atomic E-state index is 12.8. The lowest BCUT2D eigenvalue weighted by Gasteiger charge is -2.07. The number of sulfone groups is 1. The molecule has 0 aliphatic heterocycles. The van der Waals surface area contributed by atoms with Gasteiger partial charge in [0.15, 0.2) is 9.84 Å². The first kappa shape index (κ1) is 18.2. The summed E-state index contributed by atoms with van der Waals surface area (Å²) in [5.41, 5.74) is 1.30. The first-order chi connectivity index (χ1) is 12.3. The van der Waals surface area contributed by atoms with Gasteiger partial charge in [-0.15, -0.1) is 11.3 Å². The van der Waals surface area contributed by atoms with Gasteiger partial charge in [0.1, 0.15) is 10.6 Å². The summed E-state index contributed by atoms with van der Waals surface area (Å²) in [4.78, 5) is 12.2. The van der Waals surface area contributed by atoms with Crippen LogP contribution in [0.1, 0.15) is 20.8 Å². The number of thiophene rings is 1. The van der Waals surface area contributed by atoms with Crippen molar-refractivity contribution in [3.63, 3.8) is 0 Å². The van der Waals surface area contributed by atoms with Crippen LogP contribution in [-0.2, 0) is 15.6 Å². The van der Waals surface area contributed by atoms with Crippen LogP contribution >= 0.6 is 11.3 Å². The first-order valence-corrected chi connectivity index (χ1v) is 10.2. The van der Waals surface area contributed by atoms with Crippen molar-refractivity contribution in [1.29, 1.82) is 0 Å². The molecular weight excluding hydrogens is 372 g/mol. The maximum absolute atomic E-state index is 12.8. The number of carboxylic acid groups (broad SMARTS) is 1. The maximum Gasteiger partial charge on any atom is 0.346 e. The highest BCUT2D eigenvalue weighted by Crippen LogP contribution is 2.37. The van der Waals surface area contributed by atoms with Crippen LogP contribution in [0.2, 0.25) is 0 Å². The van der Waals surface area contributed by atoms with Crippen LogP contribution < -0.4 is 0 Å². The van der Waals surface area contributed by atoms with Crippen LogP contribution in [0, 0.1) is 6.92 Å². The van der Waals surface area contributed by atoms with Gasteiger partial charge in [0.05, 0.1) is 10.6 Å². The van der Waals surface area contributed by atoms with Gasteiger partial charge in [-0.05, 0) is 42.3 Å². The Morgan fingerprint density at radius 2 is 1.73 bits per heavy atom. The van der Waals surface area contributed by atoms with Gasteiger partial charge in [-0.1, -0.05) is 30.3 Å². The van der Waals surface area contributed by atoms with Gasteiger partial charge >= 0.3 is 5.97 Å². The third-order valence-corrected chi connectivity index (χ3v) is 6.96. The standard InChI is InChI=1S/C19H16O5S2/c1-12-6-2-5-9-17(12)26(23,24)11-13-10-16(25-18(13)19(21)22)14-7-3-4-8-15(14)20/h2-10,20H,11H2,1H3,(H,21,22). The Labute approximate surface area is 155 Å². The lowest BCUT2D eigenvalue weighted by molar-refractivity contribution is 0.0701. The predicted octanol–water partition coefficient (Wildman–Crippen LogP) is 4.10. The molecule has 7 heteroatoms. The number of para-hydroxylation sites is 1. The Morgan fingerprint density at radius 3 is 2.38 bits per heavy atom. The van der Waals surface area contributed by atoms with Crippen LogP contribution in [0.25, 0.3) is 10.4 Å². The average molecular weight is 388 g/mol. The highest BCUT2D eigenvalue weighted by Gasteiger charge is 2.24. The number of benzene rings is 2. The monoisotopic (exact) mass is 388 g/mol. The number of aryl methyl sites for hydroxylation is 1. The van der Waals surface area contributed by atoms with Crippen molar-refractivity contribution < 1.29 is 23.4 Å². The molecule has 0 amide bonds. The largest absolute Gasteiger partial charge is 0.507 e. The Kier molecular flexibility index (Phi) is 4.84. The second-order valence-corrected chi connectivity index (χ2v) is 8.82. The quantitative estimate of drug-likeness (QED) is 0.686. The molecule has 134 valence electrons. The summed E-state index contributed by atoms with van der Waals surface area (Å²) in [5, 5.41) is 19.5. The van der Waals surface area contributed by atoms with E-state index in [1.807, 2.05) is 0 Å². The zero-order valence-corrected chi connectivity index (χ0v) is 15.5. The molecule has 0 fully saturated rings. The molecule has 0 spiro atoms. The Morgan fingerprint density at radius 1 is 1.08 bits per heavy atom. The van der Waals surface area contributed by atoms with E-state index in [0.29, 0.717) is 16.0 Å². The number of aromatic carboxylic acids is 1. The van der Waals surface area contributed by atoms with E-state index in [1.165, 1.54) is 18.2 Å². The van der Waals surface area contributed by atoms with Crippen LogP contribution in [-0.4, -0.2) is 24.6 Å². The fraction of sp³-hybridized carbons (Fsp3) is 0.105. The normalized spacial score (nSPS) is 11.4. The smallest absolute Gasteiger partial charge is 0.346 e. The molecule has 1 aromatic heterocycles. The zero-order valence-electron chi connectivity index (χ0n) is 13.8. The van der Waals surface area contributed by atoms with Crippen LogP contribution in [0.3, 0.4) is 0 Å². The molecule has 2 aromatic carbocycles. The number of phenols is 1. The molecule has 0 radical (unpaired) electrons. The van der Waals surface area contributed by atoms with E-state index in [1.54, 1.807) is 43.3 Å². The summed E-state index contributed by atoms with van der Waals surface area (Å²) in [6.45, 7) is 1.70. The molecule has 0 aliphatic rings. The Hall–Kier alpha value is -2.64. The summed E-state index contributed by atoms with van der Waals surface area (Å²) in [6.07, 6.45) is 0. The topological polar surface area (TPSA) is 91.7 Å². The zero-order chi connectivity index (χ0) is 18.9. The Bertz CT molecular complexity index is 1080. The third kappa shape index (κ3) is 3.49. The van der Waals surface area contributed by atoms with E-state index in [2.05, 4.69) is 0 Å². The minimum Gasteiger partial charge on any atom is -0.507 e. The third-order valence-electron chi connectivity index (χ3n) is 3.95. The fourth-order valence-electron chi connectivity index (χ4n) is 2.72. The van der Waals surface area contributed by atoms with E-state index in [0.717, 1.165) is 11.3 Å². The second kappa shape index (κ2) is 6.93. The van der Waals surface area contributed by atoms with E-state index in [-0.39, 0.29) is 21.1 Å². The minimum absolute atomic E-state index is 0.0130. The van der Waals surface area contributed by atoms with Gasteiger partial charge in [-0.2, -0.15) is 0 Å². The molecule has 0 unspecified atom stereocenters. The van der Waals surface area contributed by atoms with E-state index in [4.69, 9.17) is 0 Å². The molecule has 0 aliphatic carbocycles. The van der Waals surface area contributed by atoms with Crippen LogP contribution in [0.15, 0.2) is 59.5 Å². The molecule has 5 nitrogen and oxygen atoms in total. The minimum atomic E-state index is -3.70. The highest BCUT2D eigenvalue weighted by atomic mass is 32.2. The summed E-state index contributed by atoms with van der Waals surface area (Å²) in [5.74, 6) is -1.59. The first-order valence-electron chi connectivity index (χ1n) is 7.72. The number of rotatable bonds is 5. The fourth-order valence-corrected chi connectivity index (χ4v) is 5.50. The van der Waals surface area contributed by atoms with Crippen molar-refractivity contribution in [2.75, 3.05) is 0 Å². The van der Waals surface area contributed by atoms with Crippen molar-refractivity contribution in [2.24, 2.45) is 0 Å². The molecule has 0 bridgehead atoms. The molecule has 3 rings (SSSR count). The molecule has 2 N–H and O–H groups in total. The molecule has 3 aromatic rings. The summed E-state index contributed by atoms with van der Waals surface area (Å²) < 4.78 is 25.5. The van der Waals surface area contributed by atoms with Gasteiger partial charge < -0.3 is 10.2 Å². The molecule has 1 heterocycles. The number of aromatic hydroxyl groups is 1. The van der Waals surface area contributed by atoms with Crippen molar-refractivity contribution in [2.45, 2.75) is 17.6 Å². The molecule has 0 saturated carbocycles. The van der Waals surface area contributed by atoms with Gasteiger partial charge in [0, 0.05) is 10.4 Å². The lowest BCUT2D eigenvalue weighted by atomic mass is 10.1. The molecule has 0 saturated heterocycles. The van der Waals surface area contributed by atoms with Crippen molar-refractivity contribution >= 4 is 27.1 Å². The Balaban J connectivity index is 2.07. The van der Waals surface area contributed by atoms with Crippen LogP contribution in [0.5, 0.6) is 5.75 Å². The van der Waals surface area contributed by atoms with E-state index >= 15 is 0 Å². The number of hydrogen-bond acceptors (Lipinski definition) is 5. The summed E-state index contributed by atoms with van der Waals surface area (Å²) >= 11 is 0.951. The predicted molar refractivity (Wildman–Crippen MR) is 100 cm³/mol. The SMILES string of the molecule is Cc1ccccc1S(=O)(=O)Cc1cc(-c2ccccc2O)sc1C(=O)O. The second-order valence-electron chi connectivity index (χ2n) is 5.81. The van der Waals surface area contributed by atoms with Gasteiger partial charge in [0.2, 0.25) is 0 Å². The highest BCUT2D eigenvalue weighted by molar-refractivity contribution is 7.90. The van der Waals surface area contributed by atoms with E-state index in [9.17, 15) is 23.4 Å². The van der Waals surface area contributed by atoms with Crippen molar-refractivity contribution in [3.05, 3.63) is 70.6 Å². The molecule has 0 atom stereocenters. The summed E-state index contributed by atoms with van der Waals surface area (Å²) in [6, 6.07) is 14.7. The number of carbonyl (C=O) groups is 1. The van der Waals surface area contributed by atoms with E-state index < -0.39 is 21.6 Å². The lowest BCUT2D eigenvalue weighted by Crippen LogP contribution is -2.08. The average Bonchev–Trinajstić information content (AvgIpc) is 2.98. The van der Waals surface area contributed by atoms with Crippen molar-refractivity contribution in [3.8, 4) is 16.2 Å². The van der Waals surface area contributed by atoms with Gasteiger partial charge in [0.25, 0.3) is 0 Å². The number of phenolic OH excluding ortho intramolecular Hbond substituents is 1. The van der Waals surface area contributed by atoms with Crippen molar-refractivity contribution in [1.82, 2.24) is 0 Å².